The Morgan fingerprint density at radius 3 is 2.67 bits per heavy atom. The van der Waals surface area contributed by atoms with Crippen molar-refractivity contribution in [1.29, 1.82) is 0 Å². The van der Waals surface area contributed by atoms with Gasteiger partial charge in [0.1, 0.15) is 5.82 Å². The summed E-state index contributed by atoms with van der Waals surface area (Å²) in [6.07, 6.45) is 7.94. The molecule has 2 atom stereocenters. The van der Waals surface area contributed by atoms with Crippen LogP contribution in [0.2, 0.25) is 0 Å². The first kappa shape index (κ1) is 21.0. The molecule has 8 nitrogen and oxygen atoms in total. The molecule has 2 unspecified atom stereocenters. The van der Waals surface area contributed by atoms with Gasteiger partial charge in [0.05, 0.1) is 12.3 Å². The van der Waals surface area contributed by atoms with Crippen molar-refractivity contribution in [1.82, 2.24) is 24.8 Å². The molecule has 1 saturated carbocycles. The first-order chi connectivity index (χ1) is 14.4. The van der Waals surface area contributed by atoms with E-state index < -0.39 is 10.0 Å². The van der Waals surface area contributed by atoms with Gasteiger partial charge in [0.25, 0.3) is 0 Å². The molecule has 0 radical (unpaired) electrons. The number of H-pyrrole nitrogens is 1. The molecule has 1 saturated heterocycles. The number of hydrogen-bond donors (Lipinski definition) is 2. The van der Waals surface area contributed by atoms with Crippen LogP contribution in [0.25, 0.3) is 11.4 Å². The lowest BCUT2D eigenvalue weighted by Gasteiger charge is -2.23. The number of amides is 1. The van der Waals surface area contributed by atoms with Crippen molar-refractivity contribution in [3.8, 4) is 11.4 Å². The second-order valence-corrected chi connectivity index (χ2v) is 10.3. The van der Waals surface area contributed by atoms with Crippen LogP contribution in [0.3, 0.4) is 0 Å². The zero-order valence-corrected chi connectivity index (χ0v) is 18.1. The maximum atomic E-state index is 13.1. The average molecular weight is 432 g/mol. The minimum absolute atomic E-state index is 0.0577. The molecule has 162 valence electrons. The number of sulfonamides is 1. The molecule has 2 heterocycles. The number of carbonyl (C=O) groups excluding carboxylic acids is 1. The van der Waals surface area contributed by atoms with Crippen LogP contribution < -0.4 is 4.72 Å². The summed E-state index contributed by atoms with van der Waals surface area (Å²) < 4.78 is 26.1. The number of aromatic amines is 1. The van der Waals surface area contributed by atoms with Crippen LogP contribution in [0.15, 0.2) is 30.3 Å². The van der Waals surface area contributed by atoms with Gasteiger partial charge in [0, 0.05) is 24.6 Å². The van der Waals surface area contributed by atoms with Crippen LogP contribution in [0, 0.1) is 5.92 Å². The van der Waals surface area contributed by atoms with Gasteiger partial charge in [-0.3, -0.25) is 9.89 Å². The molecule has 2 N–H and O–H groups in total. The molecule has 30 heavy (non-hydrogen) atoms. The van der Waals surface area contributed by atoms with Gasteiger partial charge < -0.3 is 4.90 Å². The van der Waals surface area contributed by atoms with E-state index >= 15 is 0 Å². The fourth-order valence-corrected chi connectivity index (χ4v) is 5.45. The van der Waals surface area contributed by atoms with Crippen LogP contribution in [-0.2, 0) is 14.8 Å². The molecule has 2 fully saturated rings. The lowest BCUT2D eigenvalue weighted by atomic mass is 10.0. The molecule has 1 amide bonds. The monoisotopic (exact) mass is 431 g/mol. The predicted molar refractivity (Wildman–Crippen MR) is 114 cm³/mol. The first-order valence-corrected chi connectivity index (χ1v) is 12.5. The second-order valence-electron chi connectivity index (χ2n) is 8.48. The molecule has 1 aromatic heterocycles. The summed E-state index contributed by atoms with van der Waals surface area (Å²) in [5, 5.41) is 7.30. The van der Waals surface area contributed by atoms with E-state index in [1.54, 1.807) is 4.90 Å². The second kappa shape index (κ2) is 8.85. The van der Waals surface area contributed by atoms with E-state index in [0.29, 0.717) is 37.0 Å². The summed E-state index contributed by atoms with van der Waals surface area (Å²) in [5.74, 6) is 1.86. The summed E-state index contributed by atoms with van der Waals surface area (Å²) in [7, 11) is -3.36. The van der Waals surface area contributed by atoms with Gasteiger partial charge in [-0.2, -0.15) is 5.10 Å². The number of carbonyl (C=O) groups is 1. The lowest BCUT2D eigenvalue weighted by molar-refractivity contribution is -0.132. The van der Waals surface area contributed by atoms with Gasteiger partial charge in [0.15, 0.2) is 5.82 Å². The highest BCUT2D eigenvalue weighted by molar-refractivity contribution is 7.88. The Morgan fingerprint density at radius 2 is 1.97 bits per heavy atom. The van der Waals surface area contributed by atoms with E-state index in [1.165, 1.54) is 25.7 Å². The predicted octanol–water partition coefficient (Wildman–Crippen LogP) is 2.63. The number of nitrogens with one attached hydrogen (secondary N) is 2. The van der Waals surface area contributed by atoms with Gasteiger partial charge in [-0.25, -0.2) is 18.1 Å². The van der Waals surface area contributed by atoms with Crippen LogP contribution in [0.4, 0.5) is 0 Å². The number of nitrogens with zero attached hydrogens (tertiary/aromatic N) is 3. The molecule has 1 aromatic carbocycles. The maximum absolute atomic E-state index is 13.1. The van der Waals surface area contributed by atoms with Crippen molar-refractivity contribution in [2.75, 3.05) is 12.8 Å². The van der Waals surface area contributed by atoms with Gasteiger partial charge in [-0.05, 0) is 18.8 Å². The Balaban J connectivity index is 1.51. The SMILES string of the molecule is CS(=O)(=O)NC1CC(c2nc(-c3ccccc3)n[nH]2)N(C(=O)CCC2CCCC2)C1. The molecular formula is C21H29N5O3S. The van der Waals surface area contributed by atoms with E-state index in [4.69, 9.17) is 0 Å². The highest BCUT2D eigenvalue weighted by Gasteiger charge is 2.39. The number of aromatic nitrogens is 3. The van der Waals surface area contributed by atoms with Gasteiger partial charge >= 0.3 is 0 Å². The highest BCUT2D eigenvalue weighted by atomic mass is 32.2. The third-order valence-corrected chi connectivity index (χ3v) is 6.86. The van der Waals surface area contributed by atoms with E-state index in [2.05, 4.69) is 19.9 Å². The molecule has 4 rings (SSSR count). The molecule has 2 aliphatic rings. The Kier molecular flexibility index (Phi) is 6.19. The molecule has 0 bridgehead atoms. The Labute approximate surface area is 177 Å². The van der Waals surface area contributed by atoms with Crippen molar-refractivity contribution in [2.24, 2.45) is 5.92 Å². The smallest absolute Gasteiger partial charge is 0.223 e. The number of rotatable bonds is 7. The summed E-state index contributed by atoms with van der Waals surface area (Å²) in [4.78, 5) is 19.5. The number of hydrogen-bond acceptors (Lipinski definition) is 5. The third-order valence-electron chi connectivity index (χ3n) is 6.09. The van der Waals surface area contributed by atoms with E-state index in [0.717, 1.165) is 18.2 Å². The Bertz CT molecular complexity index is 970. The first-order valence-electron chi connectivity index (χ1n) is 10.6. The van der Waals surface area contributed by atoms with Crippen molar-refractivity contribution in [3.63, 3.8) is 0 Å². The van der Waals surface area contributed by atoms with Crippen molar-refractivity contribution < 1.29 is 13.2 Å². The summed E-state index contributed by atoms with van der Waals surface area (Å²) in [6, 6.07) is 8.99. The van der Waals surface area contributed by atoms with Crippen molar-refractivity contribution in [3.05, 3.63) is 36.2 Å². The number of likely N-dealkylation sites (tertiary alicyclic amines) is 1. The van der Waals surface area contributed by atoms with E-state index in [9.17, 15) is 13.2 Å². The Morgan fingerprint density at radius 1 is 1.23 bits per heavy atom. The zero-order chi connectivity index (χ0) is 21.1. The van der Waals surface area contributed by atoms with Gasteiger partial charge in [0.2, 0.25) is 15.9 Å². The standard InChI is InChI=1S/C21H29N5O3S/c1-30(28,29)25-17-13-18(21-22-20(23-24-21)16-9-3-2-4-10-16)26(14-17)19(27)12-11-15-7-5-6-8-15/h2-4,9-10,15,17-18,25H,5-8,11-14H2,1H3,(H,22,23,24). The van der Waals surface area contributed by atoms with Crippen LogP contribution >= 0.6 is 0 Å². The Hall–Kier alpha value is -2.26. The maximum Gasteiger partial charge on any atom is 0.223 e. The molecular weight excluding hydrogens is 402 g/mol. The fourth-order valence-electron chi connectivity index (χ4n) is 4.67. The summed E-state index contributed by atoms with van der Waals surface area (Å²) in [6.45, 7) is 0.350. The quantitative estimate of drug-likeness (QED) is 0.701. The molecule has 2 aromatic rings. The lowest BCUT2D eigenvalue weighted by Crippen LogP contribution is -2.38. The van der Waals surface area contributed by atoms with E-state index in [1.807, 2.05) is 30.3 Å². The minimum atomic E-state index is -3.36. The molecule has 9 heteroatoms. The van der Waals surface area contributed by atoms with Crippen LogP contribution in [0.1, 0.15) is 56.8 Å². The zero-order valence-electron chi connectivity index (χ0n) is 17.3. The topological polar surface area (TPSA) is 108 Å². The molecule has 0 spiro atoms. The molecule has 1 aliphatic heterocycles. The van der Waals surface area contributed by atoms with E-state index in [-0.39, 0.29) is 18.0 Å². The largest absolute Gasteiger partial charge is 0.331 e. The highest BCUT2D eigenvalue weighted by Crippen LogP contribution is 2.34. The van der Waals surface area contributed by atoms with Crippen LogP contribution in [0.5, 0.6) is 0 Å². The number of benzene rings is 1. The minimum Gasteiger partial charge on any atom is -0.331 e. The normalized spacial score (nSPS) is 22.6. The van der Waals surface area contributed by atoms with Crippen LogP contribution in [-0.4, -0.2) is 53.2 Å². The average Bonchev–Trinajstić information content (AvgIpc) is 3.46. The van der Waals surface area contributed by atoms with Gasteiger partial charge in [-0.15, -0.1) is 0 Å². The summed E-state index contributed by atoms with van der Waals surface area (Å²) >= 11 is 0. The van der Waals surface area contributed by atoms with Crippen molar-refractivity contribution >= 4 is 15.9 Å². The molecule has 1 aliphatic carbocycles. The summed E-state index contributed by atoms with van der Waals surface area (Å²) in [5.41, 5.74) is 0.892. The van der Waals surface area contributed by atoms with Gasteiger partial charge in [-0.1, -0.05) is 56.0 Å². The fraction of sp³-hybridized carbons (Fsp3) is 0.571. The van der Waals surface area contributed by atoms with Crippen molar-refractivity contribution in [2.45, 2.75) is 57.0 Å². The third kappa shape index (κ3) is 5.07.